The van der Waals surface area contributed by atoms with Gasteiger partial charge in [0.05, 0.1) is 19.6 Å². The Labute approximate surface area is 177 Å². The summed E-state index contributed by atoms with van der Waals surface area (Å²) in [6, 6.07) is 0.452. The van der Waals surface area contributed by atoms with Gasteiger partial charge in [-0.1, -0.05) is 6.92 Å². The first-order valence-corrected chi connectivity index (χ1v) is 10.9. The second-order valence-corrected chi connectivity index (χ2v) is 9.29. The van der Waals surface area contributed by atoms with Gasteiger partial charge in [-0.3, -0.25) is 14.4 Å². The van der Waals surface area contributed by atoms with E-state index in [1.165, 1.54) is 14.0 Å². The Balaban J connectivity index is 1.64. The Hall–Kier alpha value is -1.55. The number of ether oxygens (including phenoxy) is 2. The smallest absolute Gasteiger partial charge is 0.316 e. The zero-order chi connectivity index (χ0) is 21.9. The van der Waals surface area contributed by atoms with Crippen LogP contribution in [0.25, 0.3) is 0 Å². The number of rotatable bonds is 4. The molecule has 3 N–H and O–H groups in total. The van der Waals surface area contributed by atoms with Crippen molar-refractivity contribution in [3.05, 3.63) is 0 Å². The van der Waals surface area contributed by atoms with Crippen molar-refractivity contribution in [2.75, 3.05) is 39.8 Å². The van der Waals surface area contributed by atoms with Crippen molar-refractivity contribution in [3.63, 3.8) is 0 Å². The maximum atomic E-state index is 12.6. The lowest BCUT2D eigenvalue weighted by atomic mass is 9.92. The highest BCUT2D eigenvalue weighted by atomic mass is 16.6. The van der Waals surface area contributed by atoms with Crippen LogP contribution in [0.15, 0.2) is 0 Å². The molecule has 1 saturated carbocycles. The maximum Gasteiger partial charge on any atom is 0.316 e. The summed E-state index contributed by atoms with van der Waals surface area (Å²) in [5.74, 6) is -3.13. The van der Waals surface area contributed by atoms with Crippen molar-refractivity contribution < 1.29 is 29.0 Å². The molecule has 0 radical (unpaired) electrons. The second-order valence-electron chi connectivity index (χ2n) is 9.29. The minimum atomic E-state index is -1.40. The number of methoxy groups -OCH3 is 1. The van der Waals surface area contributed by atoms with Crippen LogP contribution < -0.4 is 10.6 Å². The maximum absolute atomic E-state index is 12.6. The lowest BCUT2D eigenvalue weighted by molar-refractivity contribution is -0.201. The minimum Gasteiger partial charge on any atom is -0.453 e. The van der Waals surface area contributed by atoms with E-state index < -0.39 is 23.3 Å². The van der Waals surface area contributed by atoms with Crippen LogP contribution in [0.2, 0.25) is 0 Å². The van der Waals surface area contributed by atoms with Crippen LogP contribution in [-0.2, 0) is 23.9 Å². The van der Waals surface area contributed by atoms with Crippen LogP contribution in [0.3, 0.4) is 0 Å². The first-order valence-electron chi connectivity index (χ1n) is 10.9. The molecule has 3 aliphatic rings. The number of Topliss-reactive ketones (excluding diaryl/α,β-unsaturated/α-hetero) is 1. The molecule has 2 heterocycles. The van der Waals surface area contributed by atoms with Crippen molar-refractivity contribution >= 4 is 17.7 Å². The second kappa shape index (κ2) is 9.30. The number of carbonyl (C=O) groups excluding carboxylic acids is 3. The first-order chi connectivity index (χ1) is 14.2. The third-order valence-corrected chi connectivity index (χ3v) is 6.33. The third-order valence-electron chi connectivity index (χ3n) is 6.33. The van der Waals surface area contributed by atoms with Crippen molar-refractivity contribution in [2.45, 2.75) is 63.4 Å². The van der Waals surface area contributed by atoms with Crippen LogP contribution >= 0.6 is 0 Å². The van der Waals surface area contributed by atoms with E-state index in [1.807, 2.05) is 6.92 Å². The molecule has 2 unspecified atom stereocenters. The van der Waals surface area contributed by atoms with Crippen molar-refractivity contribution in [2.24, 2.45) is 11.8 Å². The molecule has 3 atom stereocenters. The fourth-order valence-corrected chi connectivity index (χ4v) is 4.09. The number of hydrogen-bond donors (Lipinski definition) is 3. The van der Waals surface area contributed by atoms with E-state index in [0.29, 0.717) is 45.2 Å². The SMILES string of the molecule is CO[C@@]1(O)CCC(=O)C(C)C(=O)OC2(CNCC(C)C1)CN(C(=O)CNC1CC1)C2. The molecule has 2 saturated heterocycles. The van der Waals surface area contributed by atoms with E-state index in [9.17, 15) is 19.5 Å². The summed E-state index contributed by atoms with van der Waals surface area (Å²) in [4.78, 5) is 39.2. The van der Waals surface area contributed by atoms with Gasteiger partial charge in [-0.15, -0.1) is 0 Å². The van der Waals surface area contributed by atoms with E-state index in [4.69, 9.17) is 9.47 Å². The van der Waals surface area contributed by atoms with E-state index >= 15 is 0 Å². The Morgan fingerprint density at radius 1 is 1.33 bits per heavy atom. The fraction of sp³-hybridized carbons (Fsp3) is 0.857. The zero-order valence-corrected chi connectivity index (χ0v) is 18.2. The van der Waals surface area contributed by atoms with Gasteiger partial charge in [-0.05, 0) is 32.2 Å². The Morgan fingerprint density at radius 2 is 2.03 bits per heavy atom. The lowest BCUT2D eigenvalue weighted by Crippen LogP contribution is -2.70. The number of hydrogen-bond acceptors (Lipinski definition) is 8. The van der Waals surface area contributed by atoms with Gasteiger partial charge < -0.3 is 30.1 Å². The van der Waals surface area contributed by atoms with Gasteiger partial charge in [0.25, 0.3) is 0 Å². The van der Waals surface area contributed by atoms with Gasteiger partial charge >= 0.3 is 5.97 Å². The van der Waals surface area contributed by atoms with Gasteiger partial charge in [0.15, 0.2) is 11.4 Å². The summed E-state index contributed by atoms with van der Waals surface area (Å²) in [5, 5.41) is 17.2. The normalized spacial score (nSPS) is 33.1. The summed E-state index contributed by atoms with van der Waals surface area (Å²) in [6.07, 6.45) is 2.76. The Kier molecular flexibility index (Phi) is 7.16. The highest BCUT2D eigenvalue weighted by Gasteiger charge is 2.49. The van der Waals surface area contributed by atoms with E-state index in [2.05, 4.69) is 10.6 Å². The van der Waals surface area contributed by atoms with Crippen molar-refractivity contribution in [1.82, 2.24) is 15.5 Å². The van der Waals surface area contributed by atoms with E-state index in [0.717, 1.165) is 12.8 Å². The quantitative estimate of drug-likeness (QED) is 0.322. The largest absolute Gasteiger partial charge is 0.453 e. The first kappa shape index (κ1) is 23.1. The number of aliphatic hydroxyl groups is 1. The molecule has 1 spiro atoms. The molecule has 0 bridgehead atoms. The highest BCUT2D eigenvalue weighted by molar-refractivity contribution is 5.98. The molecule has 3 rings (SSSR count). The van der Waals surface area contributed by atoms with Crippen molar-refractivity contribution in [3.8, 4) is 0 Å². The van der Waals surface area contributed by atoms with Crippen LogP contribution in [0.4, 0.5) is 0 Å². The topological polar surface area (TPSA) is 117 Å². The number of ketones is 1. The molecule has 1 aliphatic carbocycles. The van der Waals surface area contributed by atoms with Gasteiger partial charge in [-0.2, -0.15) is 0 Å². The molecule has 3 fully saturated rings. The van der Waals surface area contributed by atoms with Crippen LogP contribution in [-0.4, -0.2) is 84.9 Å². The molecular formula is C21H35N3O6. The third kappa shape index (κ3) is 5.78. The molecule has 0 aromatic carbocycles. The molecule has 170 valence electrons. The summed E-state index contributed by atoms with van der Waals surface area (Å²) in [7, 11) is 1.42. The van der Waals surface area contributed by atoms with E-state index in [-0.39, 0.29) is 30.4 Å². The summed E-state index contributed by atoms with van der Waals surface area (Å²) in [6.45, 7) is 5.41. The molecular weight excluding hydrogens is 390 g/mol. The number of nitrogens with one attached hydrogen (secondary N) is 2. The van der Waals surface area contributed by atoms with Gasteiger partial charge in [0, 0.05) is 39.0 Å². The van der Waals surface area contributed by atoms with Crippen LogP contribution in [0.5, 0.6) is 0 Å². The molecule has 9 heteroatoms. The van der Waals surface area contributed by atoms with Crippen LogP contribution in [0.1, 0.15) is 46.0 Å². The Bertz CT molecular complexity index is 661. The number of likely N-dealkylation sites (tertiary alicyclic amines) is 1. The summed E-state index contributed by atoms with van der Waals surface area (Å²) < 4.78 is 11.0. The molecule has 9 nitrogen and oxygen atoms in total. The monoisotopic (exact) mass is 425 g/mol. The van der Waals surface area contributed by atoms with Gasteiger partial charge in [0.1, 0.15) is 11.7 Å². The Morgan fingerprint density at radius 3 is 2.67 bits per heavy atom. The molecule has 2 aliphatic heterocycles. The zero-order valence-electron chi connectivity index (χ0n) is 18.2. The fourth-order valence-electron chi connectivity index (χ4n) is 4.09. The van der Waals surface area contributed by atoms with E-state index in [1.54, 1.807) is 4.90 Å². The average molecular weight is 426 g/mol. The molecule has 1 amide bonds. The van der Waals surface area contributed by atoms with Crippen LogP contribution in [0, 0.1) is 11.8 Å². The van der Waals surface area contributed by atoms with Gasteiger partial charge in [0.2, 0.25) is 5.91 Å². The molecule has 30 heavy (non-hydrogen) atoms. The van der Waals surface area contributed by atoms with Gasteiger partial charge in [-0.25, -0.2) is 0 Å². The standard InChI is InChI=1S/C21H35N3O6/c1-14-8-21(28,29-3)7-6-17(25)15(2)19(27)30-20(11-22-9-14)12-24(13-20)18(26)10-23-16-4-5-16/h14-16,22-23,28H,4-13H2,1-3H3/t14?,15?,21-/m0/s1. The number of amides is 1. The van der Waals surface area contributed by atoms with Crippen molar-refractivity contribution in [1.29, 1.82) is 0 Å². The molecule has 0 aromatic heterocycles. The highest BCUT2D eigenvalue weighted by Crippen LogP contribution is 2.29. The minimum absolute atomic E-state index is 0.00542. The summed E-state index contributed by atoms with van der Waals surface area (Å²) in [5.41, 5.74) is -0.827. The number of carbonyl (C=O) groups is 3. The number of esters is 1. The predicted octanol–water partition coefficient (Wildman–Crippen LogP) is -0.188. The summed E-state index contributed by atoms with van der Waals surface area (Å²) >= 11 is 0. The predicted molar refractivity (Wildman–Crippen MR) is 108 cm³/mol. The lowest BCUT2D eigenvalue weighted by Gasteiger charge is -2.49. The number of nitrogens with zero attached hydrogens (tertiary/aromatic N) is 1. The average Bonchev–Trinajstić information content (AvgIpc) is 3.50. The molecule has 0 aromatic rings.